The van der Waals surface area contributed by atoms with E-state index in [9.17, 15) is 9.59 Å². The molecule has 3 aromatic rings. The molecule has 1 N–H and O–H groups in total. The van der Waals surface area contributed by atoms with E-state index in [0.29, 0.717) is 11.6 Å². The van der Waals surface area contributed by atoms with Crippen LogP contribution in [0.25, 0.3) is 11.5 Å². The maximum Gasteiger partial charge on any atom is 0.325 e. The molecule has 1 saturated heterocycles. The van der Waals surface area contributed by atoms with Crippen LogP contribution in [0.2, 0.25) is 0 Å². The predicted molar refractivity (Wildman–Crippen MR) is 112 cm³/mol. The molecule has 30 heavy (non-hydrogen) atoms. The fraction of sp³-hybridized carbons (Fsp3) is 0.292. The summed E-state index contributed by atoms with van der Waals surface area (Å²) in [5.41, 5.74) is 4.90. The Bertz CT molecular complexity index is 1150. The molecule has 5 rings (SSSR count). The number of nitrogens with one attached hydrogen (secondary N) is 1. The number of benzene rings is 2. The number of urea groups is 1. The van der Waals surface area contributed by atoms with Gasteiger partial charge >= 0.3 is 6.03 Å². The zero-order chi connectivity index (χ0) is 20.9. The first-order valence-electron chi connectivity index (χ1n) is 10.2. The molecule has 1 atom stereocenters. The summed E-state index contributed by atoms with van der Waals surface area (Å²) in [5, 5.41) is 2.88. The fourth-order valence-corrected chi connectivity index (χ4v) is 4.29. The van der Waals surface area contributed by atoms with E-state index in [1.165, 1.54) is 22.3 Å². The Balaban J connectivity index is 1.38. The quantitative estimate of drug-likeness (QED) is 0.668. The van der Waals surface area contributed by atoms with Gasteiger partial charge in [0.2, 0.25) is 5.89 Å². The Hall–Kier alpha value is -3.41. The molecule has 152 valence electrons. The zero-order valence-corrected chi connectivity index (χ0v) is 17.1. The number of amides is 3. The van der Waals surface area contributed by atoms with Gasteiger partial charge in [-0.2, -0.15) is 0 Å². The van der Waals surface area contributed by atoms with E-state index in [0.717, 1.165) is 36.0 Å². The second-order valence-corrected chi connectivity index (χ2v) is 8.29. The van der Waals surface area contributed by atoms with Gasteiger partial charge in [0.05, 0.1) is 12.2 Å². The van der Waals surface area contributed by atoms with Crippen molar-refractivity contribution in [2.75, 3.05) is 0 Å². The minimum Gasteiger partial charge on any atom is -0.444 e. The van der Waals surface area contributed by atoms with Gasteiger partial charge in [-0.3, -0.25) is 9.69 Å². The van der Waals surface area contributed by atoms with Crippen LogP contribution in [-0.2, 0) is 29.7 Å². The molecule has 2 aromatic carbocycles. The number of carbonyl (C=O) groups excluding carboxylic acids is 2. The molecule has 1 aromatic heterocycles. The van der Waals surface area contributed by atoms with Gasteiger partial charge < -0.3 is 9.73 Å². The lowest BCUT2D eigenvalue weighted by Crippen LogP contribution is -2.41. The van der Waals surface area contributed by atoms with Gasteiger partial charge in [0.25, 0.3) is 5.91 Å². The van der Waals surface area contributed by atoms with Crippen molar-refractivity contribution < 1.29 is 14.0 Å². The molecule has 1 fully saturated rings. The summed E-state index contributed by atoms with van der Waals surface area (Å²) in [6, 6.07) is 13.5. The zero-order valence-electron chi connectivity index (χ0n) is 17.1. The number of hydrogen-bond donors (Lipinski definition) is 1. The van der Waals surface area contributed by atoms with Crippen molar-refractivity contribution >= 4 is 11.9 Å². The van der Waals surface area contributed by atoms with Crippen LogP contribution in [-0.4, -0.2) is 21.8 Å². The van der Waals surface area contributed by atoms with E-state index in [2.05, 4.69) is 22.4 Å². The molecule has 2 heterocycles. The number of rotatable bonds is 4. The largest absolute Gasteiger partial charge is 0.444 e. The van der Waals surface area contributed by atoms with E-state index < -0.39 is 11.6 Å². The SMILES string of the molecule is Cc1ccc(-c2nc(CN3C(=O)N[C@@](C)(c4ccc5c(c4)CCC5)C3=O)co2)cc1. The Morgan fingerprint density at radius 1 is 1.10 bits per heavy atom. The second kappa shape index (κ2) is 6.83. The number of hydrogen-bond acceptors (Lipinski definition) is 4. The molecule has 1 aliphatic carbocycles. The lowest BCUT2D eigenvalue weighted by atomic mass is 9.89. The minimum atomic E-state index is -1.07. The number of oxazole rings is 1. The standard InChI is InChI=1S/C24H23N3O3/c1-15-6-8-17(9-7-15)21-25-20(14-30-21)13-27-22(28)24(2,26-23(27)29)19-11-10-16-4-3-5-18(16)12-19/h6-12,14H,3-5,13H2,1-2H3,(H,26,29)/t24-/m0/s1. The lowest BCUT2D eigenvalue weighted by Gasteiger charge is -2.23. The van der Waals surface area contributed by atoms with Crippen LogP contribution in [0.3, 0.4) is 0 Å². The molecule has 0 radical (unpaired) electrons. The molecule has 0 spiro atoms. The molecule has 0 unspecified atom stereocenters. The van der Waals surface area contributed by atoms with Crippen molar-refractivity contribution in [3.63, 3.8) is 0 Å². The summed E-state index contributed by atoms with van der Waals surface area (Å²) in [5.74, 6) is 0.198. The first-order chi connectivity index (χ1) is 14.4. The Morgan fingerprint density at radius 2 is 1.87 bits per heavy atom. The maximum atomic E-state index is 13.2. The number of fused-ring (bicyclic) bond motifs is 1. The van der Waals surface area contributed by atoms with Gasteiger partial charge in [-0.05, 0) is 61.9 Å². The first-order valence-corrected chi connectivity index (χ1v) is 10.2. The first kappa shape index (κ1) is 18.6. The molecule has 0 saturated carbocycles. The predicted octanol–water partition coefficient (Wildman–Crippen LogP) is 4.11. The molecule has 0 bridgehead atoms. The minimum absolute atomic E-state index is 0.0700. The van der Waals surface area contributed by atoms with Crippen molar-refractivity contribution in [3.05, 3.63) is 76.7 Å². The van der Waals surface area contributed by atoms with Gasteiger partial charge in [0.15, 0.2) is 0 Å². The normalized spacial score (nSPS) is 20.5. The highest BCUT2D eigenvalue weighted by molar-refractivity contribution is 6.07. The van der Waals surface area contributed by atoms with Crippen LogP contribution in [0.4, 0.5) is 4.79 Å². The number of aryl methyl sites for hydroxylation is 3. The van der Waals surface area contributed by atoms with Crippen LogP contribution in [0, 0.1) is 6.92 Å². The second-order valence-electron chi connectivity index (χ2n) is 8.29. The van der Waals surface area contributed by atoms with E-state index in [4.69, 9.17) is 4.42 Å². The molecular weight excluding hydrogens is 378 g/mol. The van der Waals surface area contributed by atoms with Gasteiger partial charge in [0, 0.05) is 5.56 Å². The van der Waals surface area contributed by atoms with E-state index in [1.54, 1.807) is 6.92 Å². The third kappa shape index (κ3) is 3.00. The Labute approximate surface area is 174 Å². The van der Waals surface area contributed by atoms with E-state index in [1.807, 2.05) is 37.3 Å². The van der Waals surface area contributed by atoms with Crippen molar-refractivity contribution in [1.29, 1.82) is 0 Å². The van der Waals surface area contributed by atoms with Crippen LogP contribution >= 0.6 is 0 Å². The highest BCUT2D eigenvalue weighted by Gasteiger charge is 2.49. The highest BCUT2D eigenvalue weighted by atomic mass is 16.3. The molecule has 1 aliphatic heterocycles. The summed E-state index contributed by atoms with van der Waals surface area (Å²) in [4.78, 5) is 31.6. The van der Waals surface area contributed by atoms with E-state index >= 15 is 0 Å². The summed E-state index contributed by atoms with van der Waals surface area (Å²) in [6.07, 6.45) is 4.73. The number of aromatic nitrogens is 1. The third-order valence-corrected chi connectivity index (χ3v) is 6.12. The summed E-state index contributed by atoms with van der Waals surface area (Å²) in [6.45, 7) is 3.85. The van der Waals surface area contributed by atoms with Crippen LogP contribution in [0.1, 0.15) is 41.3 Å². The number of carbonyl (C=O) groups is 2. The van der Waals surface area contributed by atoms with Gasteiger partial charge in [-0.1, -0.05) is 35.9 Å². The lowest BCUT2D eigenvalue weighted by molar-refractivity contribution is -0.131. The maximum absolute atomic E-state index is 13.2. The summed E-state index contributed by atoms with van der Waals surface area (Å²) >= 11 is 0. The van der Waals surface area contributed by atoms with Crippen molar-refractivity contribution in [2.45, 2.75) is 45.2 Å². The average Bonchev–Trinajstić information content (AvgIpc) is 3.44. The van der Waals surface area contributed by atoms with Crippen LogP contribution in [0.5, 0.6) is 0 Å². The van der Waals surface area contributed by atoms with Gasteiger partial charge in [-0.25, -0.2) is 9.78 Å². The van der Waals surface area contributed by atoms with Crippen molar-refractivity contribution in [2.24, 2.45) is 0 Å². The molecule has 2 aliphatic rings. The molecular formula is C24H23N3O3. The fourth-order valence-electron chi connectivity index (χ4n) is 4.29. The highest BCUT2D eigenvalue weighted by Crippen LogP contribution is 2.33. The van der Waals surface area contributed by atoms with Gasteiger partial charge in [0.1, 0.15) is 11.8 Å². The third-order valence-electron chi connectivity index (χ3n) is 6.12. The number of nitrogens with zero attached hydrogens (tertiary/aromatic N) is 2. The molecule has 6 heteroatoms. The van der Waals surface area contributed by atoms with Crippen molar-refractivity contribution in [3.8, 4) is 11.5 Å². The van der Waals surface area contributed by atoms with Crippen molar-refractivity contribution in [1.82, 2.24) is 15.2 Å². The Kier molecular flexibility index (Phi) is 4.24. The smallest absolute Gasteiger partial charge is 0.325 e. The molecule has 3 amide bonds. The van der Waals surface area contributed by atoms with Gasteiger partial charge in [-0.15, -0.1) is 0 Å². The van der Waals surface area contributed by atoms with E-state index in [-0.39, 0.29) is 12.5 Å². The number of imide groups is 1. The van der Waals surface area contributed by atoms with Crippen LogP contribution < -0.4 is 5.32 Å². The summed E-state index contributed by atoms with van der Waals surface area (Å²) in [7, 11) is 0. The van der Waals surface area contributed by atoms with Crippen LogP contribution in [0.15, 0.2) is 53.1 Å². The Morgan fingerprint density at radius 3 is 2.67 bits per heavy atom. The average molecular weight is 401 g/mol. The summed E-state index contributed by atoms with van der Waals surface area (Å²) < 4.78 is 5.58. The monoisotopic (exact) mass is 401 g/mol. The topological polar surface area (TPSA) is 75.4 Å². The molecule has 6 nitrogen and oxygen atoms in total.